The van der Waals surface area contributed by atoms with Gasteiger partial charge in [0.1, 0.15) is 0 Å². The zero-order valence-electron chi connectivity index (χ0n) is 11.9. The van der Waals surface area contributed by atoms with Gasteiger partial charge in [-0.2, -0.15) is 0 Å². The minimum atomic E-state index is 0.553. The molecule has 0 amide bonds. The molecule has 102 valence electrons. The van der Waals surface area contributed by atoms with Crippen LogP contribution in [0.4, 0.5) is 0 Å². The number of rotatable bonds is 0. The highest BCUT2D eigenvalue weighted by Crippen LogP contribution is 2.48. The smallest absolute Gasteiger partial charge is 0.0222 e. The topological polar surface area (TPSA) is 6.48 Å². The first-order valence-electron chi connectivity index (χ1n) is 8.26. The van der Waals surface area contributed by atoms with E-state index in [1.165, 1.54) is 71.1 Å². The summed E-state index contributed by atoms with van der Waals surface area (Å²) in [5, 5.41) is 0. The van der Waals surface area contributed by atoms with Gasteiger partial charge in [-0.3, -0.25) is 9.80 Å². The molecule has 0 aromatic carbocycles. The minimum Gasteiger partial charge on any atom is -0.300 e. The lowest BCUT2D eigenvalue weighted by Crippen LogP contribution is -2.68. The summed E-state index contributed by atoms with van der Waals surface area (Å²) in [7, 11) is 0. The summed E-state index contributed by atoms with van der Waals surface area (Å²) >= 11 is 0. The molecule has 18 heavy (non-hydrogen) atoms. The lowest BCUT2D eigenvalue weighted by Gasteiger charge is -2.62. The second-order valence-electron chi connectivity index (χ2n) is 7.51. The molecule has 0 radical (unpaired) electrons. The Morgan fingerprint density at radius 3 is 2.83 bits per heavy atom. The van der Waals surface area contributed by atoms with Crippen LogP contribution in [0.2, 0.25) is 0 Å². The van der Waals surface area contributed by atoms with Gasteiger partial charge < -0.3 is 0 Å². The maximum absolute atomic E-state index is 2.89. The first-order valence-corrected chi connectivity index (χ1v) is 8.26. The summed E-state index contributed by atoms with van der Waals surface area (Å²) in [5.74, 6) is 1.96. The predicted octanol–water partition coefficient (Wildman–Crippen LogP) is 2.74. The summed E-state index contributed by atoms with van der Waals surface area (Å²) in [6.45, 7) is 8.18. The molecule has 4 atom stereocenters. The van der Waals surface area contributed by atoms with Crippen molar-refractivity contribution >= 4 is 0 Å². The van der Waals surface area contributed by atoms with Gasteiger partial charge in [0, 0.05) is 24.7 Å². The summed E-state index contributed by atoms with van der Waals surface area (Å²) in [6.07, 6.45) is 10.3. The predicted molar refractivity (Wildman–Crippen MR) is 74.6 cm³/mol. The summed E-state index contributed by atoms with van der Waals surface area (Å²) in [6, 6.07) is 0.946. The van der Waals surface area contributed by atoms with Crippen molar-refractivity contribution in [3.05, 3.63) is 0 Å². The van der Waals surface area contributed by atoms with Crippen LogP contribution in [0, 0.1) is 11.8 Å². The average Bonchev–Trinajstić information content (AvgIpc) is 2.40. The molecule has 0 aromatic rings. The van der Waals surface area contributed by atoms with E-state index >= 15 is 0 Å². The molecule has 4 fully saturated rings. The summed E-state index contributed by atoms with van der Waals surface area (Å²) in [5.41, 5.74) is 0.553. The highest BCUT2D eigenvalue weighted by atomic mass is 15.3. The molecule has 4 aliphatic heterocycles. The number of hydrogen-bond donors (Lipinski definition) is 0. The standard InChI is InChI=1S/C16H28N2/c1-16-7-3-5-9-18(16)11-13-10-14(16)12-17-8-4-2-6-15(13)17/h13-15H,2-12H2,1H3/t13?,14?,15?,16-/m1/s1. The highest BCUT2D eigenvalue weighted by Gasteiger charge is 2.52. The number of fused-ring (bicyclic) bond motifs is 6. The minimum absolute atomic E-state index is 0.553. The average molecular weight is 248 g/mol. The lowest BCUT2D eigenvalue weighted by molar-refractivity contribution is -0.116. The molecule has 0 saturated carbocycles. The van der Waals surface area contributed by atoms with Gasteiger partial charge in [0.15, 0.2) is 0 Å². The van der Waals surface area contributed by atoms with Gasteiger partial charge in [0.2, 0.25) is 0 Å². The highest BCUT2D eigenvalue weighted by molar-refractivity contribution is 5.06. The fraction of sp³-hybridized carbons (Fsp3) is 1.00. The fourth-order valence-electron chi connectivity index (χ4n) is 5.55. The Labute approximate surface area is 112 Å². The number of piperidine rings is 4. The van der Waals surface area contributed by atoms with E-state index in [4.69, 9.17) is 0 Å². The van der Waals surface area contributed by atoms with Crippen molar-refractivity contribution in [1.29, 1.82) is 0 Å². The van der Waals surface area contributed by atoms with Crippen LogP contribution in [0.15, 0.2) is 0 Å². The molecule has 0 N–H and O–H groups in total. The van der Waals surface area contributed by atoms with Crippen LogP contribution in [0.5, 0.6) is 0 Å². The maximum Gasteiger partial charge on any atom is 0.0222 e. The fourth-order valence-corrected chi connectivity index (χ4v) is 5.55. The number of hydrogen-bond acceptors (Lipinski definition) is 2. The largest absolute Gasteiger partial charge is 0.300 e. The molecule has 0 aromatic heterocycles. The van der Waals surface area contributed by atoms with E-state index < -0.39 is 0 Å². The van der Waals surface area contributed by atoms with E-state index in [0.717, 1.165) is 17.9 Å². The van der Waals surface area contributed by atoms with Gasteiger partial charge in [-0.1, -0.05) is 12.8 Å². The van der Waals surface area contributed by atoms with Crippen LogP contribution in [0.3, 0.4) is 0 Å². The molecule has 4 heterocycles. The lowest BCUT2D eigenvalue weighted by atomic mass is 9.65. The molecule has 0 aliphatic carbocycles. The molecule has 4 rings (SSSR count). The van der Waals surface area contributed by atoms with Crippen molar-refractivity contribution in [3.63, 3.8) is 0 Å². The van der Waals surface area contributed by atoms with Crippen LogP contribution >= 0.6 is 0 Å². The third kappa shape index (κ3) is 1.61. The van der Waals surface area contributed by atoms with E-state index in [0.29, 0.717) is 5.54 Å². The first-order chi connectivity index (χ1) is 8.77. The Morgan fingerprint density at radius 2 is 1.89 bits per heavy atom. The Balaban J connectivity index is 1.61. The van der Waals surface area contributed by atoms with E-state index in [1.807, 2.05) is 0 Å². The Morgan fingerprint density at radius 1 is 1.00 bits per heavy atom. The van der Waals surface area contributed by atoms with Crippen LogP contribution in [-0.4, -0.2) is 47.6 Å². The summed E-state index contributed by atoms with van der Waals surface area (Å²) < 4.78 is 0. The van der Waals surface area contributed by atoms with Gasteiger partial charge in [-0.25, -0.2) is 0 Å². The van der Waals surface area contributed by atoms with Crippen molar-refractivity contribution in [2.45, 2.75) is 63.5 Å². The zero-order chi connectivity index (χ0) is 12.2. The summed E-state index contributed by atoms with van der Waals surface area (Å²) in [4.78, 5) is 5.76. The third-order valence-corrected chi connectivity index (χ3v) is 6.67. The van der Waals surface area contributed by atoms with Crippen molar-refractivity contribution in [2.75, 3.05) is 26.2 Å². The van der Waals surface area contributed by atoms with Crippen molar-refractivity contribution in [2.24, 2.45) is 11.8 Å². The van der Waals surface area contributed by atoms with Gasteiger partial charge >= 0.3 is 0 Å². The van der Waals surface area contributed by atoms with Crippen LogP contribution in [0.25, 0.3) is 0 Å². The quantitative estimate of drug-likeness (QED) is 0.650. The zero-order valence-corrected chi connectivity index (χ0v) is 11.9. The SMILES string of the molecule is C[C@]12CCCCN1CC1CC2CN2CCCCC12. The molecule has 0 spiro atoms. The van der Waals surface area contributed by atoms with Gasteiger partial charge in [0.05, 0.1) is 0 Å². The second-order valence-corrected chi connectivity index (χ2v) is 7.51. The van der Waals surface area contributed by atoms with Gasteiger partial charge in [-0.15, -0.1) is 0 Å². The molecule has 3 unspecified atom stereocenters. The second kappa shape index (κ2) is 4.21. The van der Waals surface area contributed by atoms with Crippen molar-refractivity contribution < 1.29 is 0 Å². The monoisotopic (exact) mass is 248 g/mol. The normalized spacial score (nSPS) is 49.5. The molecular weight excluding hydrogens is 220 g/mol. The van der Waals surface area contributed by atoms with E-state index in [9.17, 15) is 0 Å². The van der Waals surface area contributed by atoms with Crippen LogP contribution in [-0.2, 0) is 0 Å². The van der Waals surface area contributed by atoms with E-state index in [2.05, 4.69) is 16.7 Å². The molecule has 2 heteroatoms. The van der Waals surface area contributed by atoms with Gasteiger partial charge in [0.25, 0.3) is 0 Å². The molecule has 4 saturated heterocycles. The maximum atomic E-state index is 2.89. The molecule has 2 bridgehead atoms. The Hall–Kier alpha value is -0.0800. The first kappa shape index (κ1) is 11.7. The van der Waals surface area contributed by atoms with Crippen molar-refractivity contribution in [3.8, 4) is 0 Å². The Kier molecular flexibility index (Phi) is 2.74. The van der Waals surface area contributed by atoms with Crippen LogP contribution < -0.4 is 0 Å². The Bertz CT molecular complexity index is 329. The van der Waals surface area contributed by atoms with Crippen LogP contribution in [0.1, 0.15) is 51.9 Å². The van der Waals surface area contributed by atoms with E-state index in [-0.39, 0.29) is 0 Å². The molecular formula is C16H28N2. The van der Waals surface area contributed by atoms with Gasteiger partial charge in [-0.05, 0) is 64.0 Å². The van der Waals surface area contributed by atoms with Crippen molar-refractivity contribution in [1.82, 2.24) is 9.80 Å². The molecule has 4 aliphatic rings. The third-order valence-electron chi connectivity index (χ3n) is 6.67. The number of nitrogens with zero attached hydrogens (tertiary/aromatic N) is 2. The molecule has 2 nitrogen and oxygen atoms in total. The van der Waals surface area contributed by atoms with E-state index in [1.54, 1.807) is 0 Å².